The van der Waals surface area contributed by atoms with Crippen LogP contribution in [0.4, 0.5) is 8.78 Å². The van der Waals surface area contributed by atoms with Gasteiger partial charge in [-0.15, -0.1) is 0 Å². The maximum Gasteiger partial charge on any atom is 0.129 e. The summed E-state index contributed by atoms with van der Waals surface area (Å²) in [4.78, 5) is 0. The molecule has 4 heteroatoms. The van der Waals surface area contributed by atoms with Crippen LogP contribution in [0.25, 0.3) is 0 Å². The summed E-state index contributed by atoms with van der Waals surface area (Å²) in [5.74, 6) is -0.603. The van der Waals surface area contributed by atoms with E-state index in [2.05, 4.69) is 0 Å². The van der Waals surface area contributed by atoms with Crippen LogP contribution in [0, 0.1) is 25.5 Å². The molecule has 0 radical (unpaired) electrons. The van der Waals surface area contributed by atoms with Gasteiger partial charge in [0, 0.05) is 16.6 Å². The van der Waals surface area contributed by atoms with E-state index >= 15 is 0 Å². The van der Waals surface area contributed by atoms with Crippen molar-refractivity contribution < 1.29 is 8.78 Å². The maximum atomic E-state index is 13.7. The topological polar surface area (TPSA) is 26.0 Å². The molecule has 0 aliphatic carbocycles. The second-order valence-corrected chi connectivity index (χ2v) is 5.39. The Morgan fingerprint density at radius 3 is 2.30 bits per heavy atom. The lowest BCUT2D eigenvalue weighted by molar-refractivity contribution is 0.589. The van der Waals surface area contributed by atoms with E-state index in [1.54, 1.807) is 38.1 Å². The molecule has 0 saturated carbocycles. The Hall–Kier alpha value is -1.45. The molecule has 0 saturated heterocycles. The summed E-state index contributed by atoms with van der Waals surface area (Å²) < 4.78 is 27.4. The molecule has 2 N–H and O–H groups in total. The van der Waals surface area contributed by atoms with Crippen LogP contribution in [0.15, 0.2) is 30.3 Å². The van der Waals surface area contributed by atoms with Gasteiger partial charge in [0.25, 0.3) is 0 Å². The van der Waals surface area contributed by atoms with Crippen molar-refractivity contribution in [2.45, 2.75) is 26.3 Å². The molecule has 0 aliphatic rings. The fourth-order valence-corrected chi connectivity index (χ4v) is 2.50. The van der Waals surface area contributed by atoms with Crippen LogP contribution in [0.2, 0.25) is 5.02 Å². The van der Waals surface area contributed by atoms with E-state index in [1.807, 2.05) is 0 Å². The zero-order chi connectivity index (χ0) is 14.9. The Balaban J connectivity index is 2.31. The lowest BCUT2D eigenvalue weighted by Crippen LogP contribution is -2.15. The molecule has 1 atom stereocenters. The minimum absolute atomic E-state index is 0.232. The summed E-state index contributed by atoms with van der Waals surface area (Å²) in [6, 6.07) is 7.51. The van der Waals surface area contributed by atoms with Gasteiger partial charge in [0.1, 0.15) is 11.6 Å². The first-order valence-electron chi connectivity index (χ1n) is 6.35. The number of hydrogen-bond acceptors (Lipinski definition) is 1. The van der Waals surface area contributed by atoms with Gasteiger partial charge in [0.2, 0.25) is 0 Å². The van der Waals surface area contributed by atoms with E-state index in [0.717, 1.165) is 5.56 Å². The highest BCUT2D eigenvalue weighted by molar-refractivity contribution is 6.31. The second-order valence-electron chi connectivity index (χ2n) is 4.98. The average molecular weight is 296 g/mol. The Bertz CT molecular complexity index is 597. The quantitative estimate of drug-likeness (QED) is 0.888. The third-order valence-electron chi connectivity index (χ3n) is 3.37. The normalized spacial score (nSPS) is 12.5. The molecular formula is C16H16ClF2N. The zero-order valence-corrected chi connectivity index (χ0v) is 12.1. The number of aryl methyl sites for hydroxylation is 2. The smallest absolute Gasteiger partial charge is 0.129 e. The standard InChI is InChI=1S/C16H16ClF2N/c1-9-6-11(7-10(2)16(9)19)15(20)8-12-13(17)4-3-5-14(12)18/h3-7,15H,8,20H2,1-2H3. The molecule has 2 rings (SSSR count). The number of rotatable bonds is 3. The Kier molecular flexibility index (Phi) is 4.41. The second kappa shape index (κ2) is 5.90. The molecular weight excluding hydrogens is 280 g/mol. The third-order valence-corrected chi connectivity index (χ3v) is 3.73. The highest BCUT2D eigenvalue weighted by atomic mass is 35.5. The Morgan fingerprint density at radius 1 is 1.15 bits per heavy atom. The first kappa shape index (κ1) is 14.9. The van der Waals surface area contributed by atoms with Gasteiger partial charge in [-0.1, -0.05) is 29.8 Å². The summed E-state index contributed by atoms with van der Waals surface area (Å²) in [6.07, 6.45) is 0.274. The van der Waals surface area contributed by atoms with Crippen molar-refractivity contribution in [2.75, 3.05) is 0 Å². The van der Waals surface area contributed by atoms with Crippen molar-refractivity contribution in [3.8, 4) is 0 Å². The van der Waals surface area contributed by atoms with Gasteiger partial charge in [0.15, 0.2) is 0 Å². The minimum Gasteiger partial charge on any atom is -0.324 e. The lowest BCUT2D eigenvalue weighted by atomic mass is 9.96. The number of hydrogen-bond donors (Lipinski definition) is 1. The predicted molar refractivity (Wildman–Crippen MR) is 77.9 cm³/mol. The van der Waals surface area contributed by atoms with E-state index in [4.69, 9.17) is 17.3 Å². The van der Waals surface area contributed by atoms with Gasteiger partial charge in [-0.2, -0.15) is 0 Å². The molecule has 0 heterocycles. The van der Waals surface area contributed by atoms with Crippen LogP contribution in [0.5, 0.6) is 0 Å². The van der Waals surface area contributed by atoms with Gasteiger partial charge >= 0.3 is 0 Å². The van der Waals surface area contributed by atoms with Gasteiger partial charge < -0.3 is 5.73 Å². The van der Waals surface area contributed by atoms with Crippen molar-refractivity contribution in [2.24, 2.45) is 5.73 Å². The fraction of sp³-hybridized carbons (Fsp3) is 0.250. The van der Waals surface area contributed by atoms with E-state index in [9.17, 15) is 8.78 Å². The number of halogens is 3. The van der Waals surface area contributed by atoms with Crippen molar-refractivity contribution >= 4 is 11.6 Å². The first-order chi connectivity index (χ1) is 9.40. The minimum atomic E-state index is -0.428. The van der Waals surface area contributed by atoms with Crippen LogP contribution in [-0.2, 0) is 6.42 Å². The molecule has 2 aromatic carbocycles. The van der Waals surface area contributed by atoms with E-state index < -0.39 is 6.04 Å². The van der Waals surface area contributed by atoms with Crippen LogP contribution >= 0.6 is 11.6 Å². The lowest BCUT2D eigenvalue weighted by Gasteiger charge is -2.16. The highest BCUT2D eigenvalue weighted by Gasteiger charge is 2.15. The fourth-order valence-electron chi connectivity index (χ4n) is 2.26. The molecule has 0 aromatic heterocycles. The summed E-state index contributed by atoms with van der Waals surface area (Å²) in [6.45, 7) is 3.38. The Morgan fingerprint density at radius 2 is 1.75 bits per heavy atom. The molecule has 20 heavy (non-hydrogen) atoms. The molecule has 1 nitrogen and oxygen atoms in total. The van der Waals surface area contributed by atoms with Crippen LogP contribution < -0.4 is 5.73 Å². The van der Waals surface area contributed by atoms with E-state index in [-0.39, 0.29) is 18.1 Å². The van der Waals surface area contributed by atoms with E-state index in [0.29, 0.717) is 21.7 Å². The monoisotopic (exact) mass is 295 g/mol. The molecule has 0 aliphatic heterocycles. The molecule has 106 valence electrons. The van der Waals surface area contributed by atoms with Crippen LogP contribution in [-0.4, -0.2) is 0 Å². The Labute approximate surface area is 122 Å². The van der Waals surface area contributed by atoms with Gasteiger partial charge in [-0.05, 0) is 49.1 Å². The predicted octanol–water partition coefficient (Wildman–Crippen LogP) is 4.48. The molecule has 0 spiro atoms. The van der Waals surface area contributed by atoms with Crippen molar-refractivity contribution in [3.63, 3.8) is 0 Å². The summed E-state index contributed by atoms with van der Waals surface area (Å²) in [5, 5.41) is 0.357. The number of nitrogens with two attached hydrogens (primary N) is 1. The van der Waals surface area contributed by atoms with Crippen molar-refractivity contribution in [1.82, 2.24) is 0 Å². The maximum absolute atomic E-state index is 13.7. The van der Waals surface area contributed by atoms with Gasteiger partial charge in [0.05, 0.1) is 0 Å². The van der Waals surface area contributed by atoms with Gasteiger partial charge in [-0.3, -0.25) is 0 Å². The van der Waals surface area contributed by atoms with Crippen LogP contribution in [0.3, 0.4) is 0 Å². The average Bonchev–Trinajstić information content (AvgIpc) is 2.39. The highest BCUT2D eigenvalue weighted by Crippen LogP contribution is 2.26. The first-order valence-corrected chi connectivity index (χ1v) is 6.73. The van der Waals surface area contributed by atoms with Crippen molar-refractivity contribution in [3.05, 3.63) is 69.2 Å². The SMILES string of the molecule is Cc1cc(C(N)Cc2c(F)cccc2Cl)cc(C)c1F. The third kappa shape index (κ3) is 3.00. The summed E-state index contributed by atoms with van der Waals surface area (Å²) in [5.41, 5.74) is 8.35. The largest absolute Gasteiger partial charge is 0.324 e. The van der Waals surface area contributed by atoms with Gasteiger partial charge in [-0.25, -0.2) is 8.78 Å². The number of benzene rings is 2. The molecule has 1 unspecified atom stereocenters. The molecule has 0 fully saturated rings. The summed E-state index contributed by atoms with van der Waals surface area (Å²) >= 11 is 5.99. The molecule has 0 amide bonds. The van der Waals surface area contributed by atoms with Crippen molar-refractivity contribution in [1.29, 1.82) is 0 Å². The molecule has 2 aromatic rings. The molecule has 0 bridgehead atoms. The zero-order valence-electron chi connectivity index (χ0n) is 11.4. The van der Waals surface area contributed by atoms with E-state index in [1.165, 1.54) is 6.07 Å². The summed E-state index contributed by atoms with van der Waals surface area (Å²) in [7, 11) is 0. The van der Waals surface area contributed by atoms with Crippen LogP contribution in [0.1, 0.15) is 28.3 Å².